The Morgan fingerprint density at radius 3 is 3.06 bits per heavy atom. The molecule has 0 amide bonds. The van der Waals surface area contributed by atoms with Crippen molar-refractivity contribution in [3.8, 4) is 5.75 Å². The molecule has 0 fully saturated rings. The van der Waals surface area contributed by atoms with Gasteiger partial charge in [0.05, 0.1) is 26.6 Å². The first kappa shape index (κ1) is 11.0. The Bertz CT molecular complexity index is 396. The molecule has 3 nitrogen and oxygen atoms in total. The lowest BCUT2D eigenvalue weighted by Crippen LogP contribution is -1.95. The molecule has 1 aliphatic heterocycles. The number of hydrogen-bond acceptors (Lipinski definition) is 3. The minimum Gasteiger partial charge on any atom is -0.504 e. The van der Waals surface area contributed by atoms with Gasteiger partial charge in [0.15, 0.2) is 0 Å². The maximum Gasteiger partial charge on any atom is 0.122 e. The van der Waals surface area contributed by atoms with Crippen LogP contribution in [0.1, 0.15) is 11.1 Å². The summed E-state index contributed by atoms with van der Waals surface area (Å²) < 4.78 is 15.7. The zero-order chi connectivity index (χ0) is 11.4. The van der Waals surface area contributed by atoms with Crippen molar-refractivity contribution in [3.63, 3.8) is 0 Å². The second-order valence-corrected chi connectivity index (χ2v) is 3.73. The average molecular weight is 220 g/mol. The highest BCUT2D eigenvalue weighted by Gasteiger charge is 2.13. The first-order valence-electron chi connectivity index (χ1n) is 5.32. The Labute approximate surface area is 95.6 Å². The van der Waals surface area contributed by atoms with Crippen molar-refractivity contribution in [2.75, 3.05) is 27.4 Å². The molecule has 16 heavy (non-hydrogen) atoms. The third-order valence-electron chi connectivity index (χ3n) is 2.62. The van der Waals surface area contributed by atoms with Gasteiger partial charge in [-0.05, 0) is 23.3 Å². The Morgan fingerprint density at radius 2 is 2.31 bits per heavy atom. The Morgan fingerprint density at radius 1 is 1.44 bits per heavy atom. The Balaban J connectivity index is 2.28. The molecule has 0 saturated carbocycles. The standard InChI is InChI=1S/C13H16O3/c1-14-8-12(9-15-2)10-3-4-13-11(7-10)5-6-16-13/h3-4,7-8H,5-6,9H2,1-2H3/b12-8+. The van der Waals surface area contributed by atoms with Crippen LogP contribution >= 0.6 is 0 Å². The fourth-order valence-electron chi connectivity index (χ4n) is 1.87. The smallest absolute Gasteiger partial charge is 0.122 e. The Kier molecular flexibility index (Phi) is 3.47. The van der Waals surface area contributed by atoms with Crippen molar-refractivity contribution < 1.29 is 14.2 Å². The van der Waals surface area contributed by atoms with Gasteiger partial charge in [-0.25, -0.2) is 0 Å². The van der Waals surface area contributed by atoms with Crippen LogP contribution in [0.25, 0.3) is 5.57 Å². The molecule has 0 unspecified atom stereocenters. The van der Waals surface area contributed by atoms with Gasteiger partial charge in [0, 0.05) is 19.1 Å². The number of rotatable bonds is 4. The summed E-state index contributed by atoms with van der Waals surface area (Å²) in [6, 6.07) is 6.19. The predicted octanol–water partition coefficient (Wildman–Crippen LogP) is 2.26. The first-order chi connectivity index (χ1) is 7.85. The minimum absolute atomic E-state index is 0.549. The SMILES string of the molecule is CO/C=C(\COC)c1ccc2c(c1)CCO2. The molecule has 1 aliphatic rings. The molecular formula is C13H16O3. The fraction of sp³-hybridized carbons (Fsp3) is 0.385. The molecular weight excluding hydrogens is 204 g/mol. The summed E-state index contributed by atoms with van der Waals surface area (Å²) >= 11 is 0. The highest BCUT2D eigenvalue weighted by molar-refractivity contribution is 5.67. The number of hydrogen-bond donors (Lipinski definition) is 0. The van der Waals surface area contributed by atoms with Gasteiger partial charge >= 0.3 is 0 Å². The summed E-state index contributed by atoms with van der Waals surface area (Å²) in [5, 5.41) is 0. The second-order valence-electron chi connectivity index (χ2n) is 3.73. The lowest BCUT2D eigenvalue weighted by molar-refractivity contribution is 0.236. The Hall–Kier alpha value is -1.48. The van der Waals surface area contributed by atoms with Crippen LogP contribution < -0.4 is 4.74 Å². The average Bonchev–Trinajstić information content (AvgIpc) is 2.75. The van der Waals surface area contributed by atoms with Crippen LogP contribution in [0, 0.1) is 0 Å². The van der Waals surface area contributed by atoms with Gasteiger partial charge in [-0.1, -0.05) is 6.07 Å². The molecule has 0 atom stereocenters. The van der Waals surface area contributed by atoms with Crippen molar-refractivity contribution in [1.29, 1.82) is 0 Å². The predicted molar refractivity (Wildman–Crippen MR) is 62.5 cm³/mol. The molecule has 2 rings (SSSR count). The second kappa shape index (κ2) is 5.03. The van der Waals surface area contributed by atoms with Crippen LogP contribution in [-0.4, -0.2) is 27.4 Å². The number of benzene rings is 1. The molecule has 0 radical (unpaired) electrons. The van der Waals surface area contributed by atoms with Crippen LogP contribution in [0.2, 0.25) is 0 Å². The molecule has 1 aromatic rings. The number of fused-ring (bicyclic) bond motifs is 1. The summed E-state index contributed by atoms with van der Waals surface area (Å²) in [4.78, 5) is 0. The first-order valence-corrected chi connectivity index (χ1v) is 5.32. The van der Waals surface area contributed by atoms with E-state index in [1.807, 2.05) is 12.1 Å². The van der Waals surface area contributed by atoms with Crippen LogP contribution in [0.3, 0.4) is 0 Å². The quantitative estimate of drug-likeness (QED) is 0.728. The maximum atomic E-state index is 5.47. The van der Waals surface area contributed by atoms with Gasteiger partial charge in [-0.3, -0.25) is 0 Å². The molecule has 0 spiro atoms. The van der Waals surface area contributed by atoms with Gasteiger partial charge in [-0.2, -0.15) is 0 Å². The maximum absolute atomic E-state index is 5.47. The van der Waals surface area contributed by atoms with E-state index in [0.29, 0.717) is 6.61 Å². The van der Waals surface area contributed by atoms with E-state index in [0.717, 1.165) is 29.9 Å². The highest BCUT2D eigenvalue weighted by atomic mass is 16.5. The highest BCUT2D eigenvalue weighted by Crippen LogP contribution is 2.28. The van der Waals surface area contributed by atoms with Gasteiger partial charge < -0.3 is 14.2 Å². The van der Waals surface area contributed by atoms with E-state index in [1.54, 1.807) is 20.5 Å². The molecule has 1 aromatic carbocycles. The molecule has 0 saturated heterocycles. The third-order valence-corrected chi connectivity index (χ3v) is 2.62. The normalized spacial score (nSPS) is 14.5. The van der Waals surface area contributed by atoms with E-state index in [1.165, 1.54) is 5.56 Å². The molecule has 0 aliphatic carbocycles. The molecule has 86 valence electrons. The van der Waals surface area contributed by atoms with Crippen molar-refractivity contribution >= 4 is 5.57 Å². The van der Waals surface area contributed by atoms with Crippen LogP contribution in [0.15, 0.2) is 24.5 Å². The van der Waals surface area contributed by atoms with Crippen molar-refractivity contribution in [3.05, 3.63) is 35.6 Å². The largest absolute Gasteiger partial charge is 0.504 e. The van der Waals surface area contributed by atoms with E-state index in [4.69, 9.17) is 14.2 Å². The topological polar surface area (TPSA) is 27.7 Å². The van der Waals surface area contributed by atoms with Gasteiger partial charge in [0.25, 0.3) is 0 Å². The van der Waals surface area contributed by atoms with Gasteiger partial charge in [0.1, 0.15) is 5.75 Å². The molecule has 0 aromatic heterocycles. The fourth-order valence-corrected chi connectivity index (χ4v) is 1.87. The summed E-state index contributed by atoms with van der Waals surface area (Å²) in [6.07, 6.45) is 2.71. The van der Waals surface area contributed by atoms with Crippen molar-refractivity contribution in [2.24, 2.45) is 0 Å². The van der Waals surface area contributed by atoms with E-state index in [9.17, 15) is 0 Å². The van der Waals surface area contributed by atoms with Crippen molar-refractivity contribution in [1.82, 2.24) is 0 Å². The molecule has 1 heterocycles. The summed E-state index contributed by atoms with van der Waals surface area (Å²) in [7, 11) is 3.33. The van der Waals surface area contributed by atoms with E-state index in [-0.39, 0.29) is 0 Å². The van der Waals surface area contributed by atoms with E-state index < -0.39 is 0 Å². The minimum atomic E-state index is 0.549. The summed E-state index contributed by atoms with van der Waals surface area (Å²) in [5.41, 5.74) is 3.43. The number of ether oxygens (including phenoxy) is 3. The third kappa shape index (κ3) is 2.19. The zero-order valence-electron chi connectivity index (χ0n) is 9.66. The van der Waals surface area contributed by atoms with E-state index >= 15 is 0 Å². The molecule has 0 bridgehead atoms. The lowest BCUT2D eigenvalue weighted by atomic mass is 10.0. The molecule has 3 heteroatoms. The summed E-state index contributed by atoms with van der Waals surface area (Å²) in [6.45, 7) is 1.33. The zero-order valence-corrected chi connectivity index (χ0v) is 9.66. The number of methoxy groups -OCH3 is 2. The monoisotopic (exact) mass is 220 g/mol. The van der Waals surface area contributed by atoms with Crippen molar-refractivity contribution in [2.45, 2.75) is 6.42 Å². The van der Waals surface area contributed by atoms with Gasteiger partial charge in [-0.15, -0.1) is 0 Å². The van der Waals surface area contributed by atoms with Gasteiger partial charge in [0.2, 0.25) is 0 Å². The molecule has 0 N–H and O–H groups in total. The summed E-state index contributed by atoms with van der Waals surface area (Å²) in [5.74, 6) is 0.998. The van der Waals surface area contributed by atoms with Crippen LogP contribution in [0.4, 0.5) is 0 Å². The lowest BCUT2D eigenvalue weighted by Gasteiger charge is -2.08. The van der Waals surface area contributed by atoms with E-state index in [2.05, 4.69) is 6.07 Å². The van der Waals surface area contributed by atoms with Crippen LogP contribution in [-0.2, 0) is 15.9 Å². The van der Waals surface area contributed by atoms with Crippen LogP contribution in [0.5, 0.6) is 5.75 Å².